The maximum absolute atomic E-state index is 12.8. The van der Waals surface area contributed by atoms with Crippen molar-refractivity contribution in [1.29, 1.82) is 0 Å². The van der Waals surface area contributed by atoms with E-state index in [0.717, 1.165) is 12.8 Å². The lowest BCUT2D eigenvalue weighted by Crippen LogP contribution is -2.52. The van der Waals surface area contributed by atoms with E-state index in [4.69, 9.17) is 9.26 Å². The van der Waals surface area contributed by atoms with E-state index in [1.165, 1.54) is 4.90 Å². The number of rotatable bonds is 4. The highest BCUT2D eigenvalue weighted by Crippen LogP contribution is 2.39. The van der Waals surface area contributed by atoms with Crippen LogP contribution in [0.2, 0.25) is 0 Å². The van der Waals surface area contributed by atoms with Crippen LogP contribution in [0.25, 0.3) is 11.4 Å². The maximum Gasteiger partial charge on any atom is 0.328 e. The number of aliphatic carboxylic acids is 1. The number of amides is 1. The third-order valence-electron chi connectivity index (χ3n) is 4.41. The van der Waals surface area contributed by atoms with Gasteiger partial charge in [-0.05, 0) is 25.0 Å². The van der Waals surface area contributed by atoms with Crippen LogP contribution in [0.1, 0.15) is 35.0 Å². The predicted molar refractivity (Wildman–Crippen MR) is 85.0 cm³/mol. The fourth-order valence-electron chi connectivity index (χ4n) is 2.86. The second-order valence-corrected chi connectivity index (χ2v) is 6.24. The highest BCUT2D eigenvalue weighted by molar-refractivity contribution is 5.97. The number of ether oxygens (including phenoxy) is 1. The minimum absolute atomic E-state index is 0.00362. The lowest BCUT2D eigenvalue weighted by molar-refractivity contribution is -0.147. The molecule has 8 nitrogen and oxygen atoms in total. The molecule has 2 aromatic rings. The third kappa shape index (κ3) is 3.12. The maximum atomic E-state index is 12.8. The van der Waals surface area contributed by atoms with Gasteiger partial charge in [-0.3, -0.25) is 4.79 Å². The Morgan fingerprint density at radius 1 is 1.28 bits per heavy atom. The van der Waals surface area contributed by atoms with Crippen molar-refractivity contribution in [2.45, 2.75) is 24.8 Å². The Morgan fingerprint density at radius 3 is 2.88 bits per heavy atom. The Labute approximate surface area is 143 Å². The molecular formula is C17H17N3O5. The molecule has 1 saturated heterocycles. The Kier molecular flexibility index (Phi) is 3.96. The molecule has 1 amide bonds. The fraction of sp³-hybridized carbons (Fsp3) is 0.412. The number of carboxylic acid groups (broad SMARTS) is 1. The smallest absolute Gasteiger partial charge is 0.328 e. The molecule has 1 aliphatic heterocycles. The number of carbonyl (C=O) groups excluding carboxylic acids is 1. The highest BCUT2D eigenvalue weighted by atomic mass is 16.5. The van der Waals surface area contributed by atoms with E-state index in [1.807, 2.05) is 0 Å². The molecule has 1 saturated carbocycles. The number of hydrogen-bond donors (Lipinski definition) is 1. The summed E-state index contributed by atoms with van der Waals surface area (Å²) in [6.07, 6.45) is 2.13. The quantitative estimate of drug-likeness (QED) is 0.897. The first-order valence-corrected chi connectivity index (χ1v) is 8.19. The summed E-state index contributed by atoms with van der Waals surface area (Å²) in [6, 6.07) is 5.87. The number of morpholine rings is 1. The second-order valence-electron chi connectivity index (χ2n) is 6.24. The highest BCUT2D eigenvalue weighted by Gasteiger charge is 2.33. The summed E-state index contributed by atoms with van der Waals surface area (Å²) in [5.41, 5.74) is 1.06. The van der Waals surface area contributed by atoms with E-state index in [9.17, 15) is 14.7 Å². The lowest BCUT2D eigenvalue weighted by atomic mass is 10.1. The summed E-state index contributed by atoms with van der Waals surface area (Å²) in [5.74, 6) is 0.00908. The minimum Gasteiger partial charge on any atom is -0.480 e. The molecule has 4 rings (SSSR count). The molecule has 8 heteroatoms. The van der Waals surface area contributed by atoms with Crippen LogP contribution in [0.4, 0.5) is 0 Å². The number of benzene rings is 1. The van der Waals surface area contributed by atoms with Crippen LogP contribution in [-0.2, 0) is 9.53 Å². The standard InChI is InChI=1S/C17H17N3O5/c21-16(20-6-7-24-9-13(20)17(22)23)12-3-1-2-11(8-12)14-18-15(25-19-14)10-4-5-10/h1-3,8,10,13H,4-7,9H2,(H,22,23)/t13-/m1/s1. The summed E-state index contributed by atoms with van der Waals surface area (Å²) in [4.78, 5) is 29.8. The van der Waals surface area contributed by atoms with Gasteiger partial charge in [0.05, 0.1) is 13.2 Å². The number of aromatic nitrogens is 2. The van der Waals surface area contributed by atoms with E-state index in [0.29, 0.717) is 35.4 Å². The zero-order chi connectivity index (χ0) is 17.4. The van der Waals surface area contributed by atoms with Crippen LogP contribution in [0.3, 0.4) is 0 Å². The fourth-order valence-corrected chi connectivity index (χ4v) is 2.86. The van der Waals surface area contributed by atoms with Crippen LogP contribution < -0.4 is 0 Å². The molecule has 1 aromatic carbocycles. The molecule has 0 spiro atoms. The Balaban J connectivity index is 1.59. The molecule has 2 aliphatic rings. The molecular weight excluding hydrogens is 326 g/mol. The van der Waals surface area contributed by atoms with Gasteiger partial charge in [0.2, 0.25) is 11.7 Å². The molecule has 1 atom stereocenters. The van der Waals surface area contributed by atoms with Crippen molar-refractivity contribution in [2.75, 3.05) is 19.8 Å². The van der Waals surface area contributed by atoms with E-state index >= 15 is 0 Å². The molecule has 0 unspecified atom stereocenters. The molecule has 0 bridgehead atoms. The Hall–Kier alpha value is -2.74. The number of nitrogens with zero attached hydrogens (tertiary/aromatic N) is 3. The molecule has 25 heavy (non-hydrogen) atoms. The minimum atomic E-state index is -1.07. The van der Waals surface area contributed by atoms with Gasteiger partial charge in [-0.1, -0.05) is 17.3 Å². The number of carbonyl (C=O) groups is 2. The van der Waals surface area contributed by atoms with Crippen LogP contribution in [0.15, 0.2) is 28.8 Å². The van der Waals surface area contributed by atoms with Crippen LogP contribution >= 0.6 is 0 Å². The first-order chi connectivity index (χ1) is 12.1. The van der Waals surface area contributed by atoms with Gasteiger partial charge in [0, 0.05) is 23.6 Å². The third-order valence-corrected chi connectivity index (χ3v) is 4.41. The molecule has 130 valence electrons. The first kappa shape index (κ1) is 15.8. The monoisotopic (exact) mass is 343 g/mol. The van der Waals surface area contributed by atoms with Crippen molar-refractivity contribution in [1.82, 2.24) is 15.0 Å². The van der Waals surface area contributed by atoms with E-state index in [-0.39, 0.29) is 19.1 Å². The summed E-state index contributed by atoms with van der Waals surface area (Å²) < 4.78 is 10.4. The summed E-state index contributed by atoms with van der Waals surface area (Å²) >= 11 is 0. The molecule has 2 heterocycles. The molecule has 2 fully saturated rings. The Bertz CT molecular complexity index is 814. The van der Waals surface area contributed by atoms with Gasteiger partial charge < -0.3 is 19.3 Å². The molecule has 1 aromatic heterocycles. The van der Waals surface area contributed by atoms with Crippen molar-refractivity contribution in [3.8, 4) is 11.4 Å². The van der Waals surface area contributed by atoms with Gasteiger partial charge in [0.1, 0.15) is 0 Å². The zero-order valence-corrected chi connectivity index (χ0v) is 13.4. The van der Waals surface area contributed by atoms with E-state index in [2.05, 4.69) is 10.1 Å². The molecule has 1 aliphatic carbocycles. The van der Waals surface area contributed by atoms with Gasteiger partial charge >= 0.3 is 5.97 Å². The first-order valence-electron chi connectivity index (χ1n) is 8.19. The van der Waals surface area contributed by atoms with Crippen molar-refractivity contribution in [3.63, 3.8) is 0 Å². The van der Waals surface area contributed by atoms with Crippen LogP contribution in [-0.4, -0.2) is 57.8 Å². The zero-order valence-electron chi connectivity index (χ0n) is 13.4. The summed E-state index contributed by atoms with van der Waals surface area (Å²) in [7, 11) is 0. The average Bonchev–Trinajstić information content (AvgIpc) is 3.38. The van der Waals surface area contributed by atoms with E-state index < -0.39 is 12.0 Å². The number of carboxylic acids is 1. The summed E-state index contributed by atoms with van der Waals surface area (Å²) in [5, 5.41) is 13.3. The van der Waals surface area contributed by atoms with Crippen molar-refractivity contribution >= 4 is 11.9 Å². The topological polar surface area (TPSA) is 106 Å². The summed E-state index contributed by atoms with van der Waals surface area (Å²) in [6.45, 7) is 0.565. The van der Waals surface area contributed by atoms with Gasteiger partial charge in [0.25, 0.3) is 5.91 Å². The van der Waals surface area contributed by atoms with Crippen LogP contribution in [0.5, 0.6) is 0 Å². The average molecular weight is 343 g/mol. The van der Waals surface area contributed by atoms with Gasteiger partial charge in [-0.25, -0.2) is 4.79 Å². The lowest BCUT2D eigenvalue weighted by Gasteiger charge is -2.32. The normalized spacial score (nSPS) is 20.5. The largest absolute Gasteiger partial charge is 0.480 e. The Morgan fingerprint density at radius 2 is 2.12 bits per heavy atom. The van der Waals surface area contributed by atoms with Crippen molar-refractivity contribution < 1.29 is 24.0 Å². The van der Waals surface area contributed by atoms with Crippen molar-refractivity contribution in [3.05, 3.63) is 35.7 Å². The van der Waals surface area contributed by atoms with Gasteiger partial charge in [0.15, 0.2) is 6.04 Å². The second kappa shape index (κ2) is 6.29. The van der Waals surface area contributed by atoms with Gasteiger partial charge in [-0.2, -0.15) is 4.98 Å². The van der Waals surface area contributed by atoms with E-state index in [1.54, 1.807) is 24.3 Å². The number of hydrogen-bond acceptors (Lipinski definition) is 6. The predicted octanol–water partition coefficient (Wildman–Crippen LogP) is 1.54. The SMILES string of the molecule is O=C(O)[C@H]1COCCN1C(=O)c1cccc(-c2noc(C3CC3)n2)c1. The molecule has 0 radical (unpaired) electrons. The molecule has 1 N–H and O–H groups in total. The van der Waals surface area contributed by atoms with Gasteiger partial charge in [-0.15, -0.1) is 0 Å². The van der Waals surface area contributed by atoms with Crippen LogP contribution in [0, 0.1) is 0 Å². The van der Waals surface area contributed by atoms with Crippen molar-refractivity contribution in [2.24, 2.45) is 0 Å².